The van der Waals surface area contributed by atoms with Crippen LogP contribution in [0.5, 0.6) is 23.0 Å². The van der Waals surface area contributed by atoms with Gasteiger partial charge < -0.3 is 25.9 Å². The van der Waals surface area contributed by atoms with Crippen molar-refractivity contribution in [3.8, 4) is 45.4 Å². The summed E-state index contributed by atoms with van der Waals surface area (Å²) in [6, 6.07) is 39.3. The molecule has 0 aliphatic carbocycles. The Morgan fingerprint density at radius 3 is 1.59 bits per heavy atom. The lowest BCUT2D eigenvalue weighted by Gasteiger charge is -2.10. The lowest BCUT2D eigenvalue weighted by Crippen LogP contribution is -1.89. The van der Waals surface area contributed by atoms with E-state index in [1.807, 2.05) is 78.9 Å². The fraction of sp³-hybridized carbons (Fsp3) is 0. The van der Waals surface area contributed by atoms with Gasteiger partial charge in [-0.25, -0.2) is 0 Å². The number of para-hydroxylation sites is 1. The average molecular weight is 484 g/mol. The molecule has 0 saturated heterocycles. The van der Waals surface area contributed by atoms with Crippen LogP contribution in [0.15, 0.2) is 121 Å². The van der Waals surface area contributed by atoms with E-state index in [1.54, 1.807) is 0 Å². The van der Waals surface area contributed by atoms with E-state index in [0.717, 1.165) is 44.8 Å². The first-order valence-corrected chi connectivity index (χ1v) is 12.0. The quantitative estimate of drug-likeness (QED) is 0.208. The van der Waals surface area contributed by atoms with E-state index in [-0.39, 0.29) is 0 Å². The van der Waals surface area contributed by atoms with Crippen LogP contribution in [0.1, 0.15) is 0 Å². The molecule has 5 N–H and O–H groups in total. The lowest BCUT2D eigenvalue weighted by atomic mass is 9.98. The number of ether oxygens (including phenoxy) is 2. The van der Waals surface area contributed by atoms with Crippen molar-refractivity contribution in [1.29, 1.82) is 0 Å². The molecule has 0 saturated carbocycles. The minimum absolute atomic E-state index is 0.668. The van der Waals surface area contributed by atoms with Crippen LogP contribution in [0.2, 0.25) is 0 Å². The summed E-state index contributed by atoms with van der Waals surface area (Å²) in [5.74, 6) is 2.91. The maximum atomic E-state index is 5.99. The van der Waals surface area contributed by atoms with Crippen LogP contribution in [0, 0.1) is 0 Å². The number of H-pyrrole nitrogens is 1. The number of hydrogen-bond acceptors (Lipinski definition) is 4. The number of aromatic nitrogens is 1. The van der Waals surface area contributed by atoms with Crippen LogP contribution in [0.4, 0.5) is 11.4 Å². The third kappa shape index (κ3) is 4.70. The summed E-state index contributed by atoms with van der Waals surface area (Å²) < 4.78 is 12.0. The zero-order chi connectivity index (χ0) is 25.2. The number of rotatable bonds is 6. The molecule has 5 nitrogen and oxygen atoms in total. The molecule has 0 fully saturated rings. The van der Waals surface area contributed by atoms with Gasteiger partial charge in [0.05, 0.1) is 5.69 Å². The van der Waals surface area contributed by atoms with E-state index in [9.17, 15) is 0 Å². The van der Waals surface area contributed by atoms with E-state index < -0.39 is 0 Å². The SMILES string of the molecule is Nc1cccc(Oc2ccc(-c3[nH]c4ccccc4c3-c3ccc(Oc4cccc(N)c4)cc3)cc2)c1. The topological polar surface area (TPSA) is 86.3 Å². The molecule has 0 aliphatic heterocycles. The van der Waals surface area contributed by atoms with Gasteiger partial charge in [0.2, 0.25) is 0 Å². The molecular weight excluding hydrogens is 458 g/mol. The Hall–Kier alpha value is -5.16. The molecule has 180 valence electrons. The largest absolute Gasteiger partial charge is 0.457 e. The molecule has 37 heavy (non-hydrogen) atoms. The van der Waals surface area contributed by atoms with Crippen LogP contribution >= 0.6 is 0 Å². The Morgan fingerprint density at radius 2 is 1.03 bits per heavy atom. The Morgan fingerprint density at radius 1 is 0.486 bits per heavy atom. The Kier molecular flexibility index (Phi) is 5.71. The summed E-state index contributed by atoms with van der Waals surface area (Å²) in [6.45, 7) is 0. The predicted molar refractivity (Wildman–Crippen MR) is 151 cm³/mol. The Balaban J connectivity index is 1.33. The monoisotopic (exact) mass is 483 g/mol. The van der Waals surface area contributed by atoms with Gasteiger partial charge in [0.1, 0.15) is 23.0 Å². The van der Waals surface area contributed by atoms with Gasteiger partial charge in [-0.1, -0.05) is 42.5 Å². The molecule has 6 aromatic rings. The molecule has 5 heteroatoms. The second-order valence-corrected chi connectivity index (χ2v) is 8.82. The van der Waals surface area contributed by atoms with Crippen LogP contribution in [0.25, 0.3) is 33.3 Å². The van der Waals surface area contributed by atoms with Crippen LogP contribution < -0.4 is 20.9 Å². The number of hydrogen-bond donors (Lipinski definition) is 3. The first-order chi connectivity index (χ1) is 18.1. The van der Waals surface area contributed by atoms with Crippen molar-refractivity contribution in [2.45, 2.75) is 0 Å². The highest BCUT2D eigenvalue weighted by atomic mass is 16.5. The first-order valence-electron chi connectivity index (χ1n) is 12.0. The lowest BCUT2D eigenvalue weighted by molar-refractivity contribution is 0.483. The van der Waals surface area contributed by atoms with E-state index in [0.29, 0.717) is 22.9 Å². The third-order valence-electron chi connectivity index (χ3n) is 6.18. The highest BCUT2D eigenvalue weighted by Crippen LogP contribution is 2.39. The van der Waals surface area contributed by atoms with E-state index in [1.165, 1.54) is 0 Å². The molecule has 0 unspecified atom stereocenters. The molecule has 5 aromatic carbocycles. The van der Waals surface area contributed by atoms with Crippen molar-refractivity contribution in [1.82, 2.24) is 4.98 Å². The predicted octanol–water partition coefficient (Wildman–Crippen LogP) is 8.25. The van der Waals surface area contributed by atoms with Crippen molar-refractivity contribution < 1.29 is 9.47 Å². The smallest absolute Gasteiger partial charge is 0.129 e. The van der Waals surface area contributed by atoms with Crippen LogP contribution in [-0.4, -0.2) is 4.98 Å². The number of nitrogens with one attached hydrogen (secondary N) is 1. The minimum Gasteiger partial charge on any atom is -0.457 e. The van der Waals surface area contributed by atoms with Crippen LogP contribution in [-0.2, 0) is 0 Å². The number of fused-ring (bicyclic) bond motifs is 1. The Bertz CT molecular complexity index is 1690. The molecule has 6 rings (SSSR count). The van der Waals surface area contributed by atoms with Crippen molar-refractivity contribution in [3.05, 3.63) is 121 Å². The second kappa shape index (κ2) is 9.47. The Labute approximate surface area is 214 Å². The van der Waals surface area contributed by atoms with Gasteiger partial charge in [0, 0.05) is 40.0 Å². The number of nitrogen functional groups attached to an aromatic ring is 2. The van der Waals surface area contributed by atoms with Gasteiger partial charge >= 0.3 is 0 Å². The fourth-order valence-corrected chi connectivity index (χ4v) is 4.47. The summed E-state index contributed by atoms with van der Waals surface area (Å²) in [4.78, 5) is 3.61. The maximum absolute atomic E-state index is 5.99. The summed E-state index contributed by atoms with van der Waals surface area (Å²) >= 11 is 0. The standard InChI is InChI=1S/C32H25N3O2/c33-23-5-3-7-27(19-23)36-25-15-11-21(12-16-25)31-29-9-1-2-10-30(29)35-32(31)22-13-17-26(18-14-22)37-28-8-4-6-24(34)20-28/h1-20,35H,33-34H2. The zero-order valence-electron chi connectivity index (χ0n) is 20.0. The van der Waals surface area contributed by atoms with E-state index >= 15 is 0 Å². The van der Waals surface area contributed by atoms with E-state index in [2.05, 4.69) is 47.4 Å². The molecule has 0 amide bonds. The number of nitrogens with two attached hydrogens (primary N) is 2. The molecule has 0 bridgehead atoms. The van der Waals surface area contributed by atoms with Crippen molar-refractivity contribution >= 4 is 22.3 Å². The molecule has 1 aromatic heterocycles. The summed E-state index contributed by atoms with van der Waals surface area (Å²) in [5, 5.41) is 1.15. The maximum Gasteiger partial charge on any atom is 0.129 e. The van der Waals surface area contributed by atoms with Gasteiger partial charge in [-0.15, -0.1) is 0 Å². The number of benzene rings is 5. The summed E-state index contributed by atoms with van der Waals surface area (Å²) in [6.07, 6.45) is 0. The van der Waals surface area contributed by atoms with Gasteiger partial charge in [-0.05, 0) is 77.9 Å². The fourth-order valence-electron chi connectivity index (χ4n) is 4.47. The van der Waals surface area contributed by atoms with E-state index in [4.69, 9.17) is 20.9 Å². The molecule has 0 spiro atoms. The van der Waals surface area contributed by atoms with Crippen LogP contribution in [0.3, 0.4) is 0 Å². The third-order valence-corrected chi connectivity index (χ3v) is 6.18. The second-order valence-electron chi connectivity index (χ2n) is 8.82. The van der Waals surface area contributed by atoms with Gasteiger partial charge in [-0.3, -0.25) is 0 Å². The van der Waals surface area contributed by atoms with Crippen molar-refractivity contribution in [2.75, 3.05) is 11.5 Å². The van der Waals surface area contributed by atoms with Gasteiger partial charge in [0.25, 0.3) is 0 Å². The number of aromatic amines is 1. The highest BCUT2D eigenvalue weighted by Gasteiger charge is 2.15. The molecular formula is C32H25N3O2. The summed E-state index contributed by atoms with van der Waals surface area (Å²) in [7, 11) is 0. The average Bonchev–Trinajstić information content (AvgIpc) is 3.29. The highest BCUT2D eigenvalue weighted by molar-refractivity contribution is 6.03. The van der Waals surface area contributed by atoms with Gasteiger partial charge in [0.15, 0.2) is 0 Å². The molecule has 1 heterocycles. The molecule has 0 atom stereocenters. The minimum atomic E-state index is 0.668. The molecule has 0 radical (unpaired) electrons. The zero-order valence-corrected chi connectivity index (χ0v) is 20.0. The number of anilines is 2. The van der Waals surface area contributed by atoms with Crippen molar-refractivity contribution in [2.24, 2.45) is 0 Å². The normalized spacial score (nSPS) is 10.9. The molecule has 0 aliphatic rings. The van der Waals surface area contributed by atoms with Crippen molar-refractivity contribution in [3.63, 3.8) is 0 Å². The van der Waals surface area contributed by atoms with Gasteiger partial charge in [-0.2, -0.15) is 0 Å². The first kappa shape index (κ1) is 22.3. The summed E-state index contributed by atoms with van der Waals surface area (Å²) in [5.41, 5.74) is 18.5.